The van der Waals surface area contributed by atoms with Gasteiger partial charge < -0.3 is 9.64 Å². The van der Waals surface area contributed by atoms with Gasteiger partial charge >= 0.3 is 0 Å². The Kier molecular flexibility index (Phi) is 5.49. The van der Waals surface area contributed by atoms with Crippen LogP contribution in [0.4, 0.5) is 10.2 Å². The summed E-state index contributed by atoms with van der Waals surface area (Å²) in [4.78, 5) is 19.6. The fourth-order valence-corrected chi connectivity index (χ4v) is 5.08. The van der Waals surface area contributed by atoms with Crippen molar-refractivity contribution in [2.45, 2.75) is 51.9 Å². The molecule has 2 fully saturated rings. The van der Waals surface area contributed by atoms with Crippen LogP contribution in [0, 0.1) is 11.2 Å². The molecule has 32 heavy (non-hydrogen) atoms. The van der Waals surface area contributed by atoms with Crippen molar-refractivity contribution in [3.8, 4) is 22.6 Å². The number of ether oxygens (including phenoxy) is 1. The van der Waals surface area contributed by atoms with Crippen molar-refractivity contribution in [2.75, 3.05) is 18.0 Å². The van der Waals surface area contributed by atoms with Crippen LogP contribution in [0.25, 0.3) is 11.1 Å². The normalized spacial score (nSPS) is 17.4. The van der Waals surface area contributed by atoms with E-state index in [4.69, 9.17) is 4.74 Å². The molecule has 0 radical (unpaired) electrons. The van der Waals surface area contributed by atoms with Gasteiger partial charge in [-0.2, -0.15) is 0 Å². The second-order valence-electron chi connectivity index (χ2n) is 9.35. The zero-order valence-electron chi connectivity index (χ0n) is 18.6. The Morgan fingerprint density at radius 3 is 2.47 bits per heavy atom. The lowest BCUT2D eigenvalue weighted by Crippen LogP contribution is -2.57. The molecule has 1 aliphatic carbocycles. The highest BCUT2D eigenvalue weighted by Crippen LogP contribution is 2.47. The van der Waals surface area contributed by atoms with Crippen LogP contribution in [-0.2, 0) is 0 Å². The maximum Gasteiger partial charge on any atom is 0.188 e. The highest BCUT2D eigenvalue weighted by molar-refractivity contribution is 5.73. The molecule has 0 unspecified atom stereocenters. The van der Waals surface area contributed by atoms with Gasteiger partial charge in [-0.05, 0) is 37.0 Å². The predicted molar refractivity (Wildman–Crippen MR) is 121 cm³/mol. The molecule has 0 amide bonds. The fourth-order valence-electron chi connectivity index (χ4n) is 5.08. The number of rotatable bonds is 5. The van der Waals surface area contributed by atoms with E-state index >= 15 is 0 Å². The Labute approximate surface area is 187 Å². The van der Waals surface area contributed by atoms with Gasteiger partial charge in [0, 0.05) is 35.8 Å². The van der Waals surface area contributed by atoms with Gasteiger partial charge in [0.2, 0.25) is 0 Å². The average Bonchev–Trinajstić information content (AvgIpc) is 2.79. The van der Waals surface area contributed by atoms with Crippen molar-refractivity contribution in [3.63, 3.8) is 0 Å². The van der Waals surface area contributed by atoms with Crippen molar-refractivity contribution in [1.82, 2.24) is 19.9 Å². The zero-order valence-corrected chi connectivity index (χ0v) is 18.6. The minimum atomic E-state index is -0.336. The number of halogens is 1. The third kappa shape index (κ3) is 3.92. The van der Waals surface area contributed by atoms with Crippen LogP contribution in [-0.4, -0.2) is 33.0 Å². The molecule has 1 aliphatic heterocycles. The van der Waals surface area contributed by atoms with E-state index in [2.05, 4.69) is 38.7 Å². The summed E-state index contributed by atoms with van der Waals surface area (Å²) in [5.41, 5.74) is 2.66. The van der Waals surface area contributed by atoms with Crippen molar-refractivity contribution in [3.05, 3.63) is 54.8 Å². The molecule has 5 rings (SSSR count). The molecule has 3 heterocycles. The van der Waals surface area contributed by atoms with Crippen molar-refractivity contribution >= 4 is 5.82 Å². The molecular weight excluding hydrogens is 405 g/mol. The van der Waals surface area contributed by atoms with Gasteiger partial charge in [-0.25, -0.2) is 24.3 Å². The summed E-state index contributed by atoms with van der Waals surface area (Å²) in [5.74, 6) is 1.73. The van der Waals surface area contributed by atoms with E-state index in [-0.39, 0.29) is 11.7 Å². The number of aromatic nitrogens is 4. The first kappa shape index (κ1) is 20.8. The molecule has 2 aliphatic rings. The number of anilines is 1. The monoisotopic (exact) mass is 433 g/mol. The summed E-state index contributed by atoms with van der Waals surface area (Å²) in [5, 5.41) is 0. The first-order valence-corrected chi connectivity index (χ1v) is 11.4. The molecule has 0 N–H and O–H groups in total. The van der Waals surface area contributed by atoms with Crippen molar-refractivity contribution in [1.29, 1.82) is 0 Å². The van der Waals surface area contributed by atoms with E-state index in [1.54, 1.807) is 24.8 Å². The lowest BCUT2D eigenvalue weighted by molar-refractivity contribution is 0.138. The van der Waals surface area contributed by atoms with Gasteiger partial charge in [-0.1, -0.05) is 33.1 Å². The van der Waals surface area contributed by atoms with E-state index < -0.39 is 0 Å². The van der Waals surface area contributed by atoms with Crippen LogP contribution in [0.2, 0.25) is 0 Å². The number of hydrogen-bond donors (Lipinski definition) is 0. The average molecular weight is 434 g/mol. The van der Waals surface area contributed by atoms with Gasteiger partial charge in [0.15, 0.2) is 11.6 Å². The van der Waals surface area contributed by atoms with Gasteiger partial charge in [0.1, 0.15) is 24.2 Å². The number of nitrogens with zero attached hydrogens (tertiary/aromatic N) is 5. The predicted octanol–water partition coefficient (Wildman–Crippen LogP) is 5.76. The minimum absolute atomic E-state index is 0.160. The zero-order chi connectivity index (χ0) is 22.1. The Bertz CT molecular complexity index is 1100. The summed E-state index contributed by atoms with van der Waals surface area (Å²) in [7, 11) is 0. The lowest BCUT2D eigenvalue weighted by Gasteiger charge is -2.53. The Balaban J connectivity index is 1.47. The molecule has 7 heteroatoms. The van der Waals surface area contributed by atoms with E-state index in [0.29, 0.717) is 22.5 Å². The van der Waals surface area contributed by atoms with Gasteiger partial charge in [0.25, 0.3) is 0 Å². The Morgan fingerprint density at radius 1 is 0.938 bits per heavy atom. The topological polar surface area (TPSA) is 64.0 Å². The van der Waals surface area contributed by atoms with Crippen LogP contribution in [0.5, 0.6) is 11.5 Å². The quantitative estimate of drug-likeness (QED) is 0.510. The number of benzene rings is 1. The van der Waals surface area contributed by atoms with Gasteiger partial charge in [-0.3, -0.25) is 0 Å². The summed E-state index contributed by atoms with van der Waals surface area (Å²) < 4.78 is 20.6. The highest BCUT2D eigenvalue weighted by atomic mass is 19.1. The van der Waals surface area contributed by atoms with E-state index in [1.807, 2.05) is 0 Å². The fraction of sp³-hybridized carbons (Fsp3) is 0.440. The molecule has 2 aromatic heterocycles. The first-order valence-electron chi connectivity index (χ1n) is 11.4. The second-order valence-corrected chi connectivity index (χ2v) is 9.35. The second kappa shape index (κ2) is 8.45. The molecule has 1 spiro atoms. The highest BCUT2D eigenvalue weighted by Gasteiger charge is 2.44. The largest absolute Gasteiger partial charge is 0.451 e. The van der Waals surface area contributed by atoms with Gasteiger partial charge in [0.05, 0.1) is 11.9 Å². The standard InChI is InChI=1S/C25H28FN5O/c1-17(2)23-20(11-27-15-29-23)19-10-18(26)6-7-21(19)32-22-12-28-16-30-24(22)31-13-25(14-31)8-4-3-5-9-25/h6-7,10-12,15-17H,3-5,8-9,13-14H2,1-2H3. The molecule has 0 bridgehead atoms. The Hall–Kier alpha value is -3.09. The van der Waals surface area contributed by atoms with Crippen LogP contribution in [0.1, 0.15) is 57.6 Å². The van der Waals surface area contributed by atoms with E-state index in [1.165, 1.54) is 50.6 Å². The summed E-state index contributed by atoms with van der Waals surface area (Å²) in [6.45, 7) is 6.11. The summed E-state index contributed by atoms with van der Waals surface area (Å²) in [6.07, 6.45) is 13.0. The molecule has 1 saturated carbocycles. The molecular formula is C25H28FN5O. The lowest BCUT2D eigenvalue weighted by atomic mass is 9.68. The molecule has 1 aromatic carbocycles. The molecule has 0 atom stereocenters. The van der Waals surface area contributed by atoms with Crippen molar-refractivity contribution in [2.24, 2.45) is 5.41 Å². The van der Waals surface area contributed by atoms with Crippen molar-refractivity contribution < 1.29 is 9.13 Å². The summed E-state index contributed by atoms with van der Waals surface area (Å²) in [6, 6.07) is 4.53. The van der Waals surface area contributed by atoms with E-state index in [0.717, 1.165) is 30.2 Å². The maximum absolute atomic E-state index is 14.2. The van der Waals surface area contributed by atoms with E-state index in [9.17, 15) is 4.39 Å². The molecule has 3 aromatic rings. The third-order valence-corrected chi connectivity index (χ3v) is 6.67. The first-order chi connectivity index (χ1) is 15.5. The molecule has 166 valence electrons. The minimum Gasteiger partial charge on any atom is -0.451 e. The summed E-state index contributed by atoms with van der Waals surface area (Å²) >= 11 is 0. The molecule has 6 nitrogen and oxygen atoms in total. The van der Waals surface area contributed by atoms with Gasteiger partial charge in [-0.15, -0.1) is 0 Å². The number of hydrogen-bond acceptors (Lipinski definition) is 6. The molecule has 1 saturated heterocycles. The van der Waals surface area contributed by atoms with Crippen LogP contribution in [0.15, 0.2) is 43.2 Å². The maximum atomic E-state index is 14.2. The smallest absolute Gasteiger partial charge is 0.188 e. The SMILES string of the molecule is CC(C)c1ncncc1-c1cc(F)ccc1Oc1cncnc1N1CC2(CCCCC2)C1. The van der Waals surface area contributed by atoms with Crippen LogP contribution in [0.3, 0.4) is 0 Å². The third-order valence-electron chi connectivity index (χ3n) is 6.67. The van der Waals surface area contributed by atoms with Crippen LogP contribution < -0.4 is 9.64 Å². The Morgan fingerprint density at radius 2 is 1.69 bits per heavy atom. The van der Waals surface area contributed by atoms with Crippen LogP contribution >= 0.6 is 0 Å².